The number of hydrogen-bond donors (Lipinski definition) is 0. The number of rotatable bonds is 5. The number of fused-ring (bicyclic) bond motifs is 6. The standard InChI is InChI=1S/C42H27NS2/c1-2-9-28(10-3-1)29-17-22-32(23-18-29)43(38-14-8-13-36-34-11-4-7-16-40(34)45-42(36)38)33-24-19-30(20-25-33)31-21-26-41-37(27-31)35-12-5-6-15-39(35)44-41/h1-27H. The van der Waals surface area contributed by atoms with Crippen LogP contribution in [-0.4, -0.2) is 0 Å². The van der Waals surface area contributed by atoms with Crippen molar-refractivity contribution in [1.82, 2.24) is 0 Å². The number of hydrogen-bond acceptors (Lipinski definition) is 3. The molecule has 9 rings (SSSR count). The van der Waals surface area contributed by atoms with Gasteiger partial charge in [-0.1, -0.05) is 109 Å². The predicted octanol–water partition coefficient (Wildman–Crippen LogP) is 13.2. The van der Waals surface area contributed by atoms with E-state index in [4.69, 9.17) is 0 Å². The first kappa shape index (κ1) is 26.2. The van der Waals surface area contributed by atoms with E-state index < -0.39 is 0 Å². The van der Waals surface area contributed by atoms with Gasteiger partial charge in [0.15, 0.2) is 0 Å². The van der Waals surface area contributed by atoms with Gasteiger partial charge in [-0.15, -0.1) is 22.7 Å². The van der Waals surface area contributed by atoms with E-state index >= 15 is 0 Å². The first-order valence-electron chi connectivity index (χ1n) is 15.2. The summed E-state index contributed by atoms with van der Waals surface area (Å²) >= 11 is 3.73. The fraction of sp³-hybridized carbons (Fsp3) is 0. The molecule has 0 aliphatic rings. The van der Waals surface area contributed by atoms with Crippen molar-refractivity contribution in [2.24, 2.45) is 0 Å². The molecular weight excluding hydrogens is 583 g/mol. The minimum Gasteiger partial charge on any atom is -0.309 e. The minimum absolute atomic E-state index is 1.14. The van der Waals surface area contributed by atoms with Crippen LogP contribution in [0.2, 0.25) is 0 Å². The summed E-state index contributed by atoms with van der Waals surface area (Å²) in [6, 6.07) is 59.6. The summed E-state index contributed by atoms with van der Waals surface area (Å²) in [4.78, 5) is 2.41. The van der Waals surface area contributed by atoms with Crippen LogP contribution in [0.25, 0.3) is 62.6 Å². The quantitative estimate of drug-likeness (QED) is 0.188. The smallest absolute Gasteiger partial charge is 0.0640 e. The van der Waals surface area contributed by atoms with E-state index in [0.29, 0.717) is 0 Å². The molecule has 0 spiro atoms. The van der Waals surface area contributed by atoms with Crippen molar-refractivity contribution in [3.8, 4) is 22.3 Å². The van der Waals surface area contributed by atoms with Crippen LogP contribution in [0.5, 0.6) is 0 Å². The monoisotopic (exact) mass is 609 g/mol. The number of nitrogens with zero attached hydrogens (tertiary/aromatic N) is 1. The van der Waals surface area contributed by atoms with Crippen molar-refractivity contribution in [2.45, 2.75) is 0 Å². The number of thiophene rings is 2. The number of benzene rings is 7. The Morgan fingerprint density at radius 1 is 0.333 bits per heavy atom. The van der Waals surface area contributed by atoms with Crippen LogP contribution in [0.1, 0.15) is 0 Å². The Morgan fingerprint density at radius 2 is 0.844 bits per heavy atom. The van der Waals surface area contributed by atoms with Crippen molar-refractivity contribution in [1.29, 1.82) is 0 Å². The number of anilines is 3. The summed E-state index contributed by atoms with van der Waals surface area (Å²) in [5.74, 6) is 0. The molecule has 0 atom stereocenters. The molecule has 45 heavy (non-hydrogen) atoms. The van der Waals surface area contributed by atoms with Gasteiger partial charge in [0.2, 0.25) is 0 Å². The molecule has 212 valence electrons. The SMILES string of the molecule is c1ccc(-c2ccc(N(c3ccc(-c4ccc5sc6ccccc6c5c4)cc3)c3cccc4c3sc3ccccc34)cc2)cc1. The summed E-state index contributed by atoms with van der Waals surface area (Å²) in [6.07, 6.45) is 0. The van der Waals surface area contributed by atoms with Crippen molar-refractivity contribution >= 4 is 80.1 Å². The molecule has 0 aliphatic carbocycles. The Morgan fingerprint density at radius 3 is 1.56 bits per heavy atom. The molecule has 3 heteroatoms. The van der Waals surface area contributed by atoms with Crippen molar-refractivity contribution in [3.63, 3.8) is 0 Å². The van der Waals surface area contributed by atoms with Gasteiger partial charge in [0.25, 0.3) is 0 Å². The van der Waals surface area contributed by atoms with Gasteiger partial charge in [-0.25, -0.2) is 0 Å². The third kappa shape index (κ3) is 4.52. The molecule has 0 radical (unpaired) electrons. The van der Waals surface area contributed by atoms with Gasteiger partial charge in [0.05, 0.1) is 10.4 Å². The zero-order valence-electron chi connectivity index (χ0n) is 24.4. The van der Waals surface area contributed by atoms with Crippen LogP contribution in [-0.2, 0) is 0 Å². The highest BCUT2D eigenvalue weighted by Crippen LogP contribution is 2.45. The van der Waals surface area contributed by atoms with Gasteiger partial charge < -0.3 is 4.90 Å². The average Bonchev–Trinajstić information content (AvgIpc) is 3.68. The van der Waals surface area contributed by atoms with E-state index in [9.17, 15) is 0 Å². The molecule has 9 aromatic rings. The fourth-order valence-corrected chi connectivity index (χ4v) is 8.77. The van der Waals surface area contributed by atoms with Crippen molar-refractivity contribution < 1.29 is 0 Å². The maximum atomic E-state index is 2.41. The topological polar surface area (TPSA) is 3.24 Å². The summed E-state index contributed by atoms with van der Waals surface area (Å²) in [7, 11) is 0. The highest BCUT2D eigenvalue weighted by Gasteiger charge is 2.18. The molecule has 0 saturated heterocycles. The van der Waals surface area contributed by atoms with Gasteiger partial charge in [-0.3, -0.25) is 0 Å². The summed E-state index contributed by atoms with van der Waals surface area (Å²) in [6.45, 7) is 0. The normalized spacial score (nSPS) is 11.6. The Hall–Kier alpha value is -5.22. The Labute approximate surface area is 269 Å². The second-order valence-corrected chi connectivity index (χ2v) is 13.5. The predicted molar refractivity (Wildman–Crippen MR) is 198 cm³/mol. The molecule has 0 aliphatic heterocycles. The Kier molecular flexibility index (Phi) is 6.26. The molecule has 0 unspecified atom stereocenters. The maximum absolute atomic E-state index is 2.41. The van der Waals surface area contributed by atoms with Gasteiger partial charge in [-0.05, 0) is 76.9 Å². The van der Waals surface area contributed by atoms with Crippen LogP contribution in [0.15, 0.2) is 164 Å². The Balaban J connectivity index is 1.17. The molecule has 1 nitrogen and oxygen atoms in total. The van der Waals surface area contributed by atoms with Gasteiger partial charge in [-0.2, -0.15) is 0 Å². The average molecular weight is 610 g/mol. The van der Waals surface area contributed by atoms with E-state index in [1.807, 2.05) is 22.7 Å². The zero-order valence-corrected chi connectivity index (χ0v) is 26.0. The van der Waals surface area contributed by atoms with E-state index in [-0.39, 0.29) is 0 Å². The summed E-state index contributed by atoms with van der Waals surface area (Å²) < 4.78 is 5.28. The second kappa shape index (κ2) is 10.7. The molecule has 2 heterocycles. The van der Waals surface area contributed by atoms with Crippen LogP contribution in [0.4, 0.5) is 17.1 Å². The lowest BCUT2D eigenvalue weighted by Crippen LogP contribution is -2.10. The third-order valence-corrected chi connectivity index (χ3v) is 11.1. The van der Waals surface area contributed by atoms with Crippen LogP contribution < -0.4 is 4.90 Å². The highest BCUT2D eigenvalue weighted by atomic mass is 32.1. The van der Waals surface area contributed by atoms with Gasteiger partial charge in [0, 0.05) is 47.0 Å². The lowest BCUT2D eigenvalue weighted by molar-refractivity contribution is 1.30. The summed E-state index contributed by atoms with van der Waals surface area (Å²) in [5, 5.41) is 5.27. The lowest BCUT2D eigenvalue weighted by Gasteiger charge is -2.26. The second-order valence-electron chi connectivity index (χ2n) is 11.4. The molecule has 0 fully saturated rings. The van der Waals surface area contributed by atoms with Gasteiger partial charge >= 0.3 is 0 Å². The highest BCUT2D eigenvalue weighted by molar-refractivity contribution is 7.26. The van der Waals surface area contributed by atoms with Crippen molar-refractivity contribution in [2.75, 3.05) is 4.90 Å². The molecule has 2 aromatic heterocycles. The van der Waals surface area contributed by atoms with E-state index in [2.05, 4.69) is 169 Å². The largest absolute Gasteiger partial charge is 0.309 e. The molecule has 0 amide bonds. The zero-order chi connectivity index (χ0) is 29.7. The Bertz CT molecular complexity index is 2470. The molecule has 0 saturated carbocycles. The van der Waals surface area contributed by atoms with E-state index in [0.717, 1.165) is 11.4 Å². The van der Waals surface area contributed by atoms with Crippen LogP contribution >= 0.6 is 22.7 Å². The summed E-state index contributed by atoms with van der Waals surface area (Å²) in [5.41, 5.74) is 8.36. The maximum Gasteiger partial charge on any atom is 0.0640 e. The molecule has 0 N–H and O–H groups in total. The van der Waals surface area contributed by atoms with Crippen LogP contribution in [0.3, 0.4) is 0 Å². The van der Waals surface area contributed by atoms with E-state index in [1.54, 1.807) is 0 Å². The fourth-order valence-electron chi connectivity index (χ4n) is 6.48. The first-order valence-corrected chi connectivity index (χ1v) is 16.8. The van der Waals surface area contributed by atoms with Crippen LogP contribution in [0, 0.1) is 0 Å². The third-order valence-electron chi connectivity index (χ3n) is 8.69. The van der Waals surface area contributed by atoms with Gasteiger partial charge in [0.1, 0.15) is 0 Å². The first-order chi connectivity index (χ1) is 22.3. The van der Waals surface area contributed by atoms with E-state index in [1.165, 1.54) is 68.3 Å². The molecule has 0 bridgehead atoms. The lowest BCUT2D eigenvalue weighted by atomic mass is 10.0. The minimum atomic E-state index is 1.14. The molecule has 7 aromatic carbocycles. The van der Waals surface area contributed by atoms with Crippen molar-refractivity contribution in [3.05, 3.63) is 164 Å². The molecular formula is C42H27NS2.